The number of nitrogens with zero attached hydrogens (tertiary/aromatic N) is 3. The van der Waals surface area contributed by atoms with Gasteiger partial charge in [0.05, 0.1) is 11.8 Å². The monoisotopic (exact) mass is 304 g/mol. The molecule has 8 heteroatoms. The zero-order valence-corrected chi connectivity index (χ0v) is 12.2. The van der Waals surface area contributed by atoms with Crippen molar-refractivity contribution in [3.63, 3.8) is 0 Å². The van der Waals surface area contributed by atoms with Gasteiger partial charge in [0.2, 0.25) is 0 Å². The minimum absolute atomic E-state index is 0.0668. The molecule has 1 aliphatic heterocycles. The number of piperazine rings is 1. The summed E-state index contributed by atoms with van der Waals surface area (Å²) in [5.41, 5.74) is -1.33. The van der Waals surface area contributed by atoms with E-state index in [9.17, 15) is 18.0 Å². The smallest absolute Gasteiger partial charge is 0.336 e. The zero-order chi connectivity index (χ0) is 15.8. The molecule has 5 nitrogen and oxygen atoms in total. The van der Waals surface area contributed by atoms with Gasteiger partial charge in [-0.05, 0) is 20.8 Å². The van der Waals surface area contributed by atoms with Crippen LogP contribution in [0.3, 0.4) is 0 Å². The van der Waals surface area contributed by atoms with E-state index in [2.05, 4.69) is 10.4 Å². The first-order chi connectivity index (χ1) is 9.71. The molecule has 1 atom stereocenters. The summed E-state index contributed by atoms with van der Waals surface area (Å²) in [4.78, 5) is 13.8. The molecule has 1 aliphatic rings. The van der Waals surface area contributed by atoms with Crippen LogP contribution in [0.5, 0.6) is 0 Å². The lowest BCUT2D eigenvalue weighted by atomic mass is 10.1. The Kier molecular flexibility index (Phi) is 4.27. The van der Waals surface area contributed by atoms with Crippen molar-refractivity contribution in [3.8, 4) is 0 Å². The van der Waals surface area contributed by atoms with Crippen LogP contribution < -0.4 is 5.32 Å². The van der Waals surface area contributed by atoms with Gasteiger partial charge < -0.3 is 10.2 Å². The molecule has 0 spiro atoms. The summed E-state index contributed by atoms with van der Waals surface area (Å²) < 4.78 is 40.6. The molecule has 0 radical (unpaired) electrons. The molecule has 0 aromatic carbocycles. The van der Waals surface area contributed by atoms with E-state index in [1.165, 1.54) is 4.90 Å². The Balaban J connectivity index is 2.37. The van der Waals surface area contributed by atoms with Gasteiger partial charge in [0.25, 0.3) is 5.91 Å². The van der Waals surface area contributed by atoms with E-state index in [4.69, 9.17) is 0 Å². The Bertz CT molecular complexity index is 524. The predicted molar refractivity (Wildman–Crippen MR) is 71.0 cm³/mol. The van der Waals surface area contributed by atoms with Crippen LogP contribution in [0.25, 0.3) is 0 Å². The van der Waals surface area contributed by atoms with Crippen molar-refractivity contribution in [2.24, 2.45) is 0 Å². The first-order valence-electron chi connectivity index (χ1n) is 6.89. The second-order valence-corrected chi connectivity index (χ2v) is 5.55. The Morgan fingerprint density at radius 2 is 2.14 bits per heavy atom. The number of hydrogen-bond acceptors (Lipinski definition) is 3. The number of hydrogen-bond donors (Lipinski definition) is 1. The average Bonchev–Trinajstić information content (AvgIpc) is 2.82. The second kappa shape index (κ2) is 5.67. The zero-order valence-electron chi connectivity index (χ0n) is 12.2. The van der Waals surface area contributed by atoms with E-state index in [0.29, 0.717) is 19.6 Å². The average molecular weight is 304 g/mol. The van der Waals surface area contributed by atoms with Crippen LogP contribution in [0.1, 0.15) is 42.9 Å². The number of rotatable bonds is 2. The molecule has 1 fully saturated rings. The van der Waals surface area contributed by atoms with Crippen molar-refractivity contribution in [3.05, 3.63) is 17.5 Å². The van der Waals surface area contributed by atoms with Gasteiger partial charge in [-0.1, -0.05) is 0 Å². The third-order valence-electron chi connectivity index (χ3n) is 3.44. The van der Waals surface area contributed by atoms with Crippen LogP contribution >= 0.6 is 0 Å². The van der Waals surface area contributed by atoms with Gasteiger partial charge in [-0.2, -0.15) is 18.3 Å². The molecule has 21 heavy (non-hydrogen) atoms. The molecule has 1 unspecified atom stereocenters. The van der Waals surface area contributed by atoms with Crippen LogP contribution in [0.15, 0.2) is 6.20 Å². The third kappa shape index (κ3) is 3.20. The molecule has 2 rings (SSSR count). The van der Waals surface area contributed by atoms with Crippen LogP contribution in [0.2, 0.25) is 0 Å². The normalized spacial score (nSPS) is 20.1. The summed E-state index contributed by atoms with van der Waals surface area (Å²) >= 11 is 0. The lowest BCUT2D eigenvalue weighted by Crippen LogP contribution is -2.51. The van der Waals surface area contributed by atoms with Gasteiger partial charge in [0.15, 0.2) is 5.69 Å². The fourth-order valence-corrected chi connectivity index (χ4v) is 2.48. The van der Waals surface area contributed by atoms with E-state index < -0.39 is 23.8 Å². The molecule has 1 saturated heterocycles. The van der Waals surface area contributed by atoms with E-state index in [-0.39, 0.29) is 11.6 Å². The van der Waals surface area contributed by atoms with Crippen LogP contribution in [-0.2, 0) is 6.18 Å². The quantitative estimate of drug-likeness (QED) is 0.908. The van der Waals surface area contributed by atoms with Gasteiger partial charge in [0.1, 0.15) is 0 Å². The number of aromatic nitrogens is 2. The van der Waals surface area contributed by atoms with Gasteiger partial charge in [-0.25, -0.2) is 0 Å². The highest BCUT2D eigenvalue weighted by molar-refractivity contribution is 5.95. The predicted octanol–water partition coefficient (Wildman–Crippen LogP) is 1.92. The van der Waals surface area contributed by atoms with E-state index in [1.54, 1.807) is 13.8 Å². The Hall–Kier alpha value is -1.57. The van der Waals surface area contributed by atoms with E-state index in [0.717, 1.165) is 10.9 Å². The molecule has 0 aliphatic carbocycles. The number of halogens is 3. The van der Waals surface area contributed by atoms with Crippen LogP contribution in [0, 0.1) is 0 Å². The maximum atomic E-state index is 13.3. The molecule has 0 bridgehead atoms. The van der Waals surface area contributed by atoms with Gasteiger partial charge in [-0.15, -0.1) is 0 Å². The van der Waals surface area contributed by atoms with Crippen molar-refractivity contribution >= 4 is 5.91 Å². The van der Waals surface area contributed by atoms with Crippen LogP contribution in [0.4, 0.5) is 13.2 Å². The highest BCUT2D eigenvalue weighted by atomic mass is 19.4. The fourth-order valence-electron chi connectivity index (χ4n) is 2.48. The standard InChI is InChI=1S/C13H19F3N4O/c1-8(2)20-11(13(14,15)16)10(6-18-20)12(21)19-5-4-17-9(3)7-19/h6,8-9,17H,4-5,7H2,1-3H3. The number of carbonyl (C=O) groups excluding carboxylic acids is 1. The second-order valence-electron chi connectivity index (χ2n) is 5.55. The van der Waals surface area contributed by atoms with E-state index >= 15 is 0 Å². The number of carbonyl (C=O) groups is 1. The van der Waals surface area contributed by atoms with Crippen molar-refractivity contribution in [2.45, 2.75) is 39.0 Å². The number of nitrogens with one attached hydrogen (secondary N) is 1. The van der Waals surface area contributed by atoms with Gasteiger partial charge >= 0.3 is 6.18 Å². The Morgan fingerprint density at radius 1 is 1.48 bits per heavy atom. The Morgan fingerprint density at radius 3 is 2.67 bits per heavy atom. The third-order valence-corrected chi connectivity index (χ3v) is 3.44. The highest BCUT2D eigenvalue weighted by Crippen LogP contribution is 2.34. The summed E-state index contributed by atoms with van der Waals surface area (Å²) in [5, 5.41) is 6.90. The fraction of sp³-hybridized carbons (Fsp3) is 0.692. The van der Waals surface area contributed by atoms with Crippen molar-refractivity contribution in [2.75, 3.05) is 19.6 Å². The number of alkyl halides is 3. The molecule has 1 amide bonds. The maximum Gasteiger partial charge on any atom is 0.433 e. The molecular weight excluding hydrogens is 285 g/mol. The topological polar surface area (TPSA) is 50.2 Å². The highest BCUT2D eigenvalue weighted by Gasteiger charge is 2.41. The Labute approximate surface area is 121 Å². The summed E-state index contributed by atoms with van der Waals surface area (Å²) in [6.45, 7) is 6.46. The first-order valence-corrected chi connectivity index (χ1v) is 6.89. The summed E-state index contributed by atoms with van der Waals surface area (Å²) in [7, 11) is 0. The summed E-state index contributed by atoms with van der Waals surface area (Å²) in [6, 6.07) is -0.401. The molecular formula is C13H19F3N4O. The van der Waals surface area contributed by atoms with Crippen molar-refractivity contribution in [1.29, 1.82) is 0 Å². The lowest BCUT2D eigenvalue weighted by molar-refractivity contribution is -0.145. The van der Waals surface area contributed by atoms with Crippen LogP contribution in [-0.4, -0.2) is 46.3 Å². The van der Waals surface area contributed by atoms with Crippen molar-refractivity contribution < 1.29 is 18.0 Å². The van der Waals surface area contributed by atoms with Gasteiger partial charge in [0, 0.05) is 31.7 Å². The summed E-state index contributed by atoms with van der Waals surface area (Å²) in [5.74, 6) is -0.609. The minimum Gasteiger partial charge on any atom is -0.336 e. The molecule has 0 saturated carbocycles. The number of amides is 1. The van der Waals surface area contributed by atoms with E-state index in [1.807, 2.05) is 6.92 Å². The molecule has 118 valence electrons. The maximum absolute atomic E-state index is 13.3. The molecule has 2 heterocycles. The molecule has 1 N–H and O–H groups in total. The minimum atomic E-state index is -4.61. The summed E-state index contributed by atoms with van der Waals surface area (Å²) in [6.07, 6.45) is -3.58. The van der Waals surface area contributed by atoms with Crippen molar-refractivity contribution in [1.82, 2.24) is 20.0 Å². The first kappa shape index (κ1) is 15.8. The SMILES string of the molecule is CC1CN(C(=O)c2cnn(C(C)C)c2C(F)(F)F)CCN1. The molecule has 1 aromatic heterocycles. The largest absolute Gasteiger partial charge is 0.433 e. The van der Waals surface area contributed by atoms with Gasteiger partial charge in [-0.3, -0.25) is 9.48 Å². The molecule has 1 aromatic rings. The lowest BCUT2D eigenvalue weighted by Gasteiger charge is -2.32.